The van der Waals surface area contributed by atoms with Crippen LogP contribution in [0.5, 0.6) is 0 Å². The standard InChI is InChI=1S/C20H30N2O2/c1-19(2,3)24-18(23)21-20-12-8-7-11-17(20)14-22(15-20)13-16-9-5-4-6-10-16/h4-6,9-10,17H,7-8,11-15H2,1-3H3,(H,21,23)/t17-,20+/m1/s1. The molecular weight excluding hydrogens is 300 g/mol. The lowest BCUT2D eigenvalue weighted by atomic mass is 9.75. The molecule has 2 aliphatic rings. The van der Waals surface area contributed by atoms with Gasteiger partial charge in [0.25, 0.3) is 0 Å². The van der Waals surface area contributed by atoms with Crippen LogP contribution in [0.25, 0.3) is 0 Å². The molecule has 1 saturated carbocycles. The van der Waals surface area contributed by atoms with E-state index in [-0.39, 0.29) is 11.6 Å². The van der Waals surface area contributed by atoms with Gasteiger partial charge < -0.3 is 10.1 Å². The van der Waals surface area contributed by atoms with Gasteiger partial charge in [0.05, 0.1) is 5.54 Å². The van der Waals surface area contributed by atoms with E-state index in [1.807, 2.05) is 20.8 Å². The van der Waals surface area contributed by atoms with Crippen molar-refractivity contribution < 1.29 is 9.53 Å². The largest absolute Gasteiger partial charge is 0.444 e. The first kappa shape index (κ1) is 17.3. The number of carbonyl (C=O) groups is 1. The highest BCUT2D eigenvalue weighted by atomic mass is 16.6. The summed E-state index contributed by atoms with van der Waals surface area (Å²) in [5.41, 5.74) is 0.770. The number of carbonyl (C=O) groups excluding carboxylic acids is 1. The quantitative estimate of drug-likeness (QED) is 0.912. The molecule has 1 saturated heterocycles. The number of alkyl carbamates (subject to hydrolysis) is 1. The van der Waals surface area contributed by atoms with Crippen molar-refractivity contribution in [3.8, 4) is 0 Å². The van der Waals surface area contributed by atoms with Crippen molar-refractivity contribution in [3.63, 3.8) is 0 Å². The van der Waals surface area contributed by atoms with Crippen molar-refractivity contribution >= 4 is 6.09 Å². The zero-order chi connectivity index (χ0) is 17.2. The van der Waals surface area contributed by atoms with Crippen LogP contribution in [-0.4, -0.2) is 35.2 Å². The van der Waals surface area contributed by atoms with E-state index in [1.54, 1.807) is 0 Å². The molecule has 0 aromatic heterocycles. The van der Waals surface area contributed by atoms with Crippen LogP contribution in [0.3, 0.4) is 0 Å². The smallest absolute Gasteiger partial charge is 0.408 e. The fourth-order valence-electron chi connectivity index (χ4n) is 4.23. The van der Waals surface area contributed by atoms with E-state index in [0.717, 1.165) is 26.1 Å². The third-order valence-electron chi connectivity index (χ3n) is 5.19. The highest BCUT2D eigenvalue weighted by Gasteiger charge is 2.49. The van der Waals surface area contributed by atoms with Gasteiger partial charge >= 0.3 is 6.09 Å². The molecule has 2 fully saturated rings. The minimum atomic E-state index is -0.451. The second-order valence-electron chi connectivity index (χ2n) is 8.38. The number of hydrogen-bond donors (Lipinski definition) is 1. The van der Waals surface area contributed by atoms with Crippen LogP contribution in [0, 0.1) is 5.92 Å². The van der Waals surface area contributed by atoms with Crippen LogP contribution >= 0.6 is 0 Å². The van der Waals surface area contributed by atoms with Crippen LogP contribution < -0.4 is 5.32 Å². The average molecular weight is 330 g/mol. The second kappa shape index (κ2) is 6.75. The van der Waals surface area contributed by atoms with Crippen molar-refractivity contribution in [2.75, 3.05) is 13.1 Å². The summed E-state index contributed by atoms with van der Waals surface area (Å²) in [6, 6.07) is 10.6. The molecule has 4 heteroatoms. The monoisotopic (exact) mass is 330 g/mol. The number of fused-ring (bicyclic) bond motifs is 1. The zero-order valence-corrected chi connectivity index (χ0v) is 15.2. The van der Waals surface area contributed by atoms with Crippen LogP contribution in [0.1, 0.15) is 52.0 Å². The lowest BCUT2D eigenvalue weighted by Gasteiger charge is -2.39. The second-order valence-corrected chi connectivity index (χ2v) is 8.38. The van der Waals surface area contributed by atoms with E-state index in [0.29, 0.717) is 5.92 Å². The summed E-state index contributed by atoms with van der Waals surface area (Å²) in [6.45, 7) is 8.68. The molecule has 0 unspecified atom stereocenters. The molecule has 0 spiro atoms. The molecule has 3 rings (SSSR count). The summed E-state index contributed by atoms with van der Waals surface area (Å²) < 4.78 is 5.53. The summed E-state index contributed by atoms with van der Waals surface area (Å²) in [5.74, 6) is 0.530. The molecule has 2 atom stereocenters. The summed E-state index contributed by atoms with van der Waals surface area (Å²) >= 11 is 0. The van der Waals surface area contributed by atoms with Crippen molar-refractivity contribution in [1.29, 1.82) is 0 Å². The molecule has 1 aromatic rings. The highest BCUT2D eigenvalue weighted by molar-refractivity contribution is 5.69. The summed E-state index contributed by atoms with van der Waals surface area (Å²) in [4.78, 5) is 14.9. The Hall–Kier alpha value is -1.55. The Morgan fingerprint density at radius 2 is 2.04 bits per heavy atom. The molecule has 24 heavy (non-hydrogen) atoms. The van der Waals surface area contributed by atoms with Crippen LogP contribution in [0.2, 0.25) is 0 Å². The third-order valence-corrected chi connectivity index (χ3v) is 5.19. The summed E-state index contributed by atoms with van der Waals surface area (Å²) in [6.07, 6.45) is 4.44. The van der Waals surface area contributed by atoms with Gasteiger partial charge in [0, 0.05) is 19.6 Å². The average Bonchev–Trinajstić information content (AvgIpc) is 2.83. The Labute approximate surface area is 145 Å². The van der Waals surface area contributed by atoms with Crippen molar-refractivity contribution in [2.45, 2.75) is 64.1 Å². The van der Waals surface area contributed by atoms with Gasteiger partial charge in [-0.15, -0.1) is 0 Å². The summed E-state index contributed by atoms with van der Waals surface area (Å²) in [5, 5.41) is 3.26. The van der Waals surface area contributed by atoms with Crippen molar-refractivity contribution in [3.05, 3.63) is 35.9 Å². The Kier molecular flexibility index (Phi) is 4.86. The van der Waals surface area contributed by atoms with Gasteiger partial charge in [0.2, 0.25) is 0 Å². The topological polar surface area (TPSA) is 41.6 Å². The lowest BCUT2D eigenvalue weighted by Crippen LogP contribution is -2.56. The predicted molar refractivity (Wildman–Crippen MR) is 95.8 cm³/mol. The minimum Gasteiger partial charge on any atom is -0.444 e. The Morgan fingerprint density at radius 1 is 1.29 bits per heavy atom. The number of likely N-dealkylation sites (tertiary alicyclic amines) is 1. The number of hydrogen-bond acceptors (Lipinski definition) is 3. The minimum absolute atomic E-state index is 0.116. The van der Waals surface area contributed by atoms with E-state index >= 15 is 0 Å². The third kappa shape index (κ3) is 4.10. The maximum Gasteiger partial charge on any atom is 0.408 e. The Morgan fingerprint density at radius 3 is 2.75 bits per heavy atom. The van der Waals surface area contributed by atoms with Crippen LogP contribution in [-0.2, 0) is 11.3 Å². The van der Waals surface area contributed by atoms with Gasteiger partial charge in [-0.2, -0.15) is 0 Å². The van der Waals surface area contributed by atoms with Gasteiger partial charge in [-0.25, -0.2) is 4.79 Å². The molecule has 1 heterocycles. The predicted octanol–water partition coefficient (Wildman–Crippen LogP) is 3.96. The number of amides is 1. The number of nitrogens with zero attached hydrogens (tertiary/aromatic N) is 1. The van der Waals surface area contributed by atoms with E-state index < -0.39 is 5.60 Å². The molecule has 1 aromatic carbocycles. The van der Waals surface area contributed by atoms with E-state index in [4.69, 9.17) is 4.74 Å². The normalized spacial score (nSPS) is 27.5. The first-order chi connectivity index (χ1) is 11.4. The van der Waals surface area contributed by atoms with Crippen molar-refractivity contribution in [2.24, 2.45) is 5.92 Å². The number of benzene rings is 1. The van der Waals surface area contributed by atoms with Gasteiger partial charge in [0.15, 0.2) is 0 Å². The maximum atomic E-state index is 12.4. The molecule has 1 aliphatic carbocycles. The van der Waals surface area contributed by atoms with Gasteiger partial charge in [0.1, 0.15) is 5.60 Å². The van der Waals surface area contributed by atoms with E-state index in [1.165, 1.54) is 24.8 Å². The first-order valence-electron chi connectivity index (χ1n) is 9.14. The SMILES string of the molecule is CC(C)(C)OC(=O)N[C@]12CCCC[C@@H]1CN(Cc1ccccc1)C2. The Bertz CT molecular complexity index is 567. The molecule has 1 N–H and O–H groups in total. The van der Waals surface area contributed by atoms with Gasteiger partial charge in [-0.3, -0.25) is 4.90 Å². The zero-order valence-electron chi connectivity index (χ0n) is 15.2. The lowest BCUT2D eigenvalue weighted by molar-refractivity contribution is 0.0399. The van der Waals surface area contributed by atoms with Crippen LogP contribution in [0.4, 0.5) is 4.79 Å². The fourth-order valence-corrected chi connectivity index (χ4v) is 4.23. The van der Waals surface area contributed by atoms with E-state index in [9.17, 15) is 4.79 Å². The highest BCUT2D eigenvalue weighted by Crippen LogP contribution is 2.40. The Balaban J connectivity index is 1.69. The molecule has 0 bridgehead atoms. The van der Waals surface area contributed by atoms with Gasteiger partial charge in [-0.1, -0.05) is 43.2 Å². The van der Waals surface area contributed by atoms with Crippen molar-refractivity contribution in [1.82, 2.24) is 10.2 Å². The summed E-state index contributed by atoms with van der Waals surface area (Å²) in [7, 11) is 0. The molecular formula is C20H30N2O2. The van der Waals surface area contributed by atoms with Gasteiger partial charge in [-0.05, 0) is 45.1 Å². The number of ether oxygens (including phenoxy) is 1. The molecule has 132 valence electrons. The first-order valence-corrected chi connectivity index (χ1v) is 9.14. The maximum absolute atomic E-state index is 12.4. The molecule has 1 amide bonds. The number of rotatable bonds is 3. The number of nitrogens with one attached hydrogen (secondary N) is 1. The fraction of sp³-hybridized carbons (Fsp3) is 0.650. The molecule has 4 nitrogen and oxygen atoms in total. The van der Waals surface area contributed by atoms with E-state index in [2.05, 4.69) is 40.5 Å². The van der Waals surface area contributed by atoms with Crippen LogP contribution in [0.15, 0.2) is 30.3 Å². The molecule has 1 aliphatic heterocycles. The molecule has 0 radical (unpaired) electrons.